The quantitative estimate of drug-likeness (QED) is 0.687. The Hall–Kier alpha value is -1.06. The third kappa shape index (κ3) is 1.06. The lowest BCUT2D eigenvalue weighted by Gasteiger charge is -2.34. The first-order chi connectivity index (χ1) is 6.39. The van der Waals surface area contributed by atoms with Crippen molar-refractivity contribution in [1.82, 2.24) is 5.32 Å². The molecule has 1 aliphatic carbocycles. The van der Waals surface area contributed by atoms with Gasteiger partial charge in [0.25, 0.3) is 0 Å². The summed E-state index contributed by atoms with van der Waals surface area (Å²) in [4.78, 5) is 22.3. The third-order valence-electron chi connectivity index (χ3n) is 4.10. The highest BCUT2D eigenvalue weighted by Crippen LogP contribution is 2.62. The monoisotopic (exact) mass is 197 g/mol. The maximum absolute atomic E-state index is 11.3. The lowest BCUT2D eigenvalue weighted by atomic mass is 9.69. The molecule has 1 saturated carbocycles. The van der Waals surface area contributed by atoms with E-state index in [0.717, 1.165) is 12.8 Å². The van der Waals surface area contributed by atoms with E-state index in [1.54, 1.807) is 0 Å². The number of carbonyl (C=O) groups is 2. The van der Waals surface area contributed by atoms with Crippen LogP contribution in [0.3, 0.4) is 0 Å². The van der Waals surface area contributed by atoms with Crippen LogP contribution in [0.5, 0.6) is 0 Å². The molecule has 0 radical (unpaired) electrons. The van der Waals surface area contributed by atoms with Crippen LogP contribution in [0.1, 0.15) is 33.1 Å². The van der Waals surface area contributed by atoms with Gasteiger partial charge in [-0.25, -0.2) is 4.79 Å². The van der Waals surface area contributed by atoms with Crippen LogP contribution in [-0.4, -0.2) is 23.0 Å². The minimum Gasteiger partial charge on any atom is -0.480 e. The summed E-state index contributed by atoms with van der Waals surface area (Å²) in [6, 6.07) is -0.706. The van der Waals surface area contributed by atoms with Crippen molar-refractivity contribution in [1.29, 1.82) is 0 Å². The first kappa shape index (κ1) is 9.49. The van der Waals surface area contributed by atoms with E-state index in [1.165, 1.54) is 0 Å². The number of hydrogen-bond donors (Lipinski definition) is 2. The summed E-state index contributed by atoms with van der Waals surface area (Å²) < 4.78 is 0. The Labute approximate surface area is 82.7 Å². The molecule has 1 saturated heterocycles. The van der Waals surface area contributed by atoms with Crippen molar-refractivity contribution in [3.05, 3.63) is 0 Å². The number of aliphatic carboxylic acids is 1. The highest BCUT2D eigenvalue weighted by molar-refractivity contribution is 5.89. The molecule has 0 spiro atoms. The molecule has 0 aromatic heterocycles. The van der Waals surface area contributed by atoms with Crippen molar-refractivity contribution in [2.45, 2.75) is 39.2 Å². The molecule has 0 bridgehead atoms. The summed E-state index contributed by atoms with van der Waals surface area (Å²) in [5.74, 6) is -1.04. The van der Waals surface area contributed by atoms with Gasteiger partial charge in [0, 0.05) is 11.8 Å². The standard InChI is InChI=1S/C10H15NO3/c1-9(3-4-9)10(2)5-6(12)11-7(10)8(13)14/h7H,3-5H2,1-2H3,(H,11,12)(H,13,14). The van der Waals surface area contributed by atoms with Crippen molar-refractivity contribution < 1.29 is 14.7 Å². The van der Waals surface area contributed by atoms with Crippen LogP contribution in [0.2, 0.25) is 0 Å². The number of rotatable bonds is 2. The maximum atomic E-state index is 11.3. The van der Waals surface area contributed by atoms with Gasteiger partial charge in [-0.15, -0.1) is 0 Å². The van der Waals surface area contributed by atoms with Crippen molar-refractivity contribution in [3.8, 4) is 0 Å². The van der Waals surface area contributed by atoms with E-state index in [4.69, 9.17) is 5.11 Å². The normalized spacial score (nSPS) is 39.3. The number of amides is 1. The van der Waals surface area contributed by atoms with Gasteiger partial charge in [0.15, 0.2) is 0 Å². The summed E-state index contributed by atoms with van der Waals surface area (Å²) in [5.41, 5.74) is -0.370. The zero-order chi connectivity index (χ0) is 10.6. The first-order valence-corrected chi connectivity index (χ1v) is 4.91. The summed E-state index contributed by atoms with van der Waals surface area (Å²) >= 11 is 0. The molecule has 2 atom stereocenters. The van der Waals surface area contributed by atoms with E-state index in [1.807, 2.05) is 6.92 Å². The largest absolute Gasteiger partial charge is 0.480 e. The van der Waals surface area contributed by atoms with E-state index in [-0.39, 0.29) is 11.3 Å². The molecule has 2 fully saturated rings. The van der Waals surface area contributed by atoms with Crippen LogP contribution >= 0.6 is 0 Å². The van der Waals surface area contributed by atoms with Gasteiger partial charge in [0.05, 0.1) is 0 Å². The molecule has 0 aromatic rings. The molecule has 14 heavy (non-hydrogen) atoms. The van der Waals surface area contributed by atoms with Gasteiger partial charge in [0.2, 0.25) is 5.91 Å². The SMILES string of the molecule is CC1(C2(C)CC(=O)NC2C(=O)O)CC1. The number of hydrogen-bond acceptors (Lipinski definition) is 2. The van der Waals surface area contributed by atoms with Gasteiger partial charge in [-0.3, -0.25) is 4.79 Å². The molecule has 1 amide bonds. The van der Waals surface area contributed by atoms with Gasteiger partial charge in [-0.05, 0) is 18.3 Å². The third-order valence-corrected chi connectivity index (χ3v) is 4.10. The van der Waals surface area contributed by atoms with Crippen LogP contribution in [0.4, 0.5) is 0 Å². The number of nitrogens with one attached hydrogen (secondary N) is 1. The summed E-state index contributed by atoms with van der Waals surface area (Å²) in [6.07, 6.45) is 2.41. The first-order valence-electron chi connectivity index (χ1n) is 4.91. The van der Waals surface area contributed by atoms with Gasteiger partial charge >= 0.3 is 5.97 Å². The molecular formula is C10H15NO3. The van der Waals surface area contributed by atoms with E-state index in [0.29, 0.717) is 6.42 Å². The van der Waals surface area contributed by atoms with E-state index in [9.17, 15) is 9.59 Å². The Morgan fingerprint density at radius 3 is 2.50 bits per heavy atom. The molecule has 2 unspecified atom stereocenters. The predicted octanol–water partition coefficient (Wildman–Crippen LogP) is 0.766. The second-order valence-electron chi connectivity index (χ2n) is 4.99. The number of carboxylic acid groups (broad SMARTS) is 1. The van der Waals surface area contributed by atoms with Crippen molar-refractivity contribution >= 4 is 11.9 Å². The molecule has 2 aliphatic rings. The molecule has 4 heteroatoms. The average Bonchev–Trinajstić information content (AvgIpc) is 2.72. The summed E-state index contributed by atoms with van der Waals surface area (Å²) in [5, 5.41) is 11.6. The smallest absolute Gasteiger partial charge is 0.326 e. The van der Waals surface area contributed by atoms with Crippen LogP contribution < -0.4 is 5.32 Å². The van der Waals surface area contributed by atoms with Gasteiger partial charge < -0.3 is 10.4 Å². The van der Waals surface area contributed by atoms with Crippen LogP contribution in [0.25, 0.3) is 0 Å². The molecular weight excluding hydrogens is 182 g/mol. The van der Waals surface area contributed by atoms with Crippen molar-refractivity contribution in [2.75, 3.05) is 0 Å². The molecule has 0 aromatic carbocycles. The molecule has 78 valence electrons. The number of carbonyl (C=O) groups excluding carboxylic acids is 1. The zero-order valence-corrected chi connectivity index (χ0v) is 8.46. The Bertz CT molecular complexity index is 308. The second-order valence-corrected chi connectivity index (χ2v) is 4.99. The van der Waals surface area contributed by atoms with Gasteiger partial charge in [-0.2, -0.15) is 0 Å². The highest BCUT2D eigenvalue weighted by atomic mass is 16.4. The molecule has 1 aliphatic heterocycles. The van der Waals surface area contributed by atoms with Crippen LogP contribution in [0, 0.1) is 10.8 Å². The van der Waals surface area contributed by atoms with Gasteiger partial charge in [-0.1, -0.05) is 13.8 Å². The zero-order valence-electron chi connectivity index (χ0n) is 8.46. The number of carboxylic acids is 1. The van der Waals surface area contributed by atoms with E-state index in [2.05, 4.69) is 12.2 Å². The lowest BCUT2D eigenvalue weighted by molar-refractivity contribution is -0.143. The van der Waals surface area contributed by atoms with Crippen LogP contribution in [0.15, 0.2) is 0 Å². The minimum absolute atomic E-state index is 0.0369. The maximum Gasteiger partial charge on any atom is 0.326 e. The predicted molar refractivity (Wildman–Crippen MR) is 49.6 cm³/mol. The minimum atomic E-state index is -0.911. The van der Waals surface area contributed by atoms with Crippen molar-refractivity contribution in [3.63, 3.8) is 0 Å². The topological polar surface area (TPSA) is 66.4 Å². The lowest BCUT2D eigenvalue weighted by Crippen LogP contribution is -2.46. The fourth-order valence-electron chi connectivity index (χ4n) is 2.46. The average molecular weight is 197 g/mol. The Kier molecular flexibility index (Phi) is 1.69. The Balaban J connectivity index is 2.32. The summed E-state index contributed by atoms with van der Waals surface area (Å²) in [6.45, 7) is 3.99. The Morgan fingerprint density at radius 2 is 2.07 bits per heavy atom. The molecule has 1 heterocycles. The highest BCUT2D eigenvalue weighted by Gasteiger charge is 2.62. The Morgan fingerprint density at radius 1 is 1.50 bits per heavy atom. The van der Waals surface area contributed by atoms with Crippen molar-refractivity contribution in [2.24, 2.45) is 10.8 Å². The fraction of sp³-hybridized carbons (Fsp3) is 0.800. The van der Waals surface area contributed by atoms with Crippen LogP contribution in [-0.2, 0) is 9.59 Å². The molecule has 2 rings (SSSR count). The second kappa shape index (κ2) is 2.49. The summed E-state index contributed by atoms with van der Waals surface area (Å²) in [7, 11) is 0. The van der Waals surface area contributed by atoms with E-state index < -0.39 is 17.4 Å². The molecule has 4 nitrogen and oxygen atoms in total. The molecule has 2 N–H and O–H groups in total. The fourth-order valence-corrected chi connectivity index (χ4v) is 2.46. The van der Waals surface area contributed by atoms with Gasteiger partial charge in [0.1, 0.15) is 6.04 Å². The van der Waals surface area contributed by atoms with E-state index >= 15 is 0 Å².